The summed E-state index contributed by atoms with van der Waals surface area (Å²) in [4.78, 5) is 11.7. The first-order chi connectivity index (χ1) is 13.7. The largest absolute Gasteiger partial charge is 0.485 e. The van der Waals surface area contributed by atoms with Gasteiger partial charge in [-0.05, 0) is 32.0 Å². The van der Waals surface area contributed by atoms with Crippen molar-refractivity contribution in [3.8, 4) is 5.75 Å². The lowest BCUT2D eigenvalue weighted by molar-refractivity contribution is -0.321. The minimum Gasteiger partial charge on any atom is -0.485 e. The van der Waals surface area contributed by atoms with Crippen LogP contribution in [0.15, 0.2) is 33.5 Å². The van der Waals surface area contributed by atoms with Crippen molar-refractivity contribution in [1.29, 1.82) is 0 Å². The minimum absolute atomic E-state index is 0.293. The van der Waals surface area contributed by atoms with E-state index in [1.807, 2.05) is 0 Å². The number of aliphatic hydroxyl groups excluding tert-OH is 4. The fourth-order valence-electron chi connectivity index (χ4n) is 3.79. The van der Waals surface area contributed by atoms with E-state index in [4.69, 9.17) is 18.6 Å². The van der Waals surface area contributed by atoms with Gasteiger partial charge in [0.25, 0.3) is 0 Å². The molecule has 3 heterocycles. The van der Waals surface area contributed by atoms with Crippen molar-refractivity contribution in [2.45, 2.75) is 62.7 Å². The molecule has 1 saturated heterocycles. The smallest absolute Gasteiger partial charge is 0.336 e. The van der Waals surface area contributed by atoms with Crippen LogP contribution in [0.25, 0.3) is 11.0 Å². The Hall–Kier alpha value is -2.01. The van der Waals surface area contributed by atoms with Crippen molar-refractivity contribution in [1.82, 2.24) is 0 Å². The van der Waals surface area contributed by atoms with Crippen LogP contribution >= 0.6 is 0 Å². The molecule has 9 heteroatoms. The molecule has 1 aromatic heterocycles. The van der Waals surface area contributed by atoms with Crippen LogP contribution in [0.1, 0.15) is 19.4 Å². The van der Waals surface area contributed by atoms with Gasteiger partial charge in [0.1, 0.15) is 47.5 Å². The number of rotatable bonds is 3. The van der Waals surface area contributed by atoms with E-state index in [-0.39, 0.29) is 0 Å². The van der Waals surface area contributed by atoms with Crippen molar-refractivity contribution >= 4 is 11.0 Å². The number of ether oxygens (including phenoxy) is 3. The Labute approximate surface area is 166 Å². The number of fused-ring (bicyclic) bond motifs is 3. The lowest BCUT2D eigenvalue weighted by Gasteiger charge is -2.45. The molecule has 0 aliphatic carbocycles. The van der Waals surface area contributed by atoms with Crippen LogP contribution in [0, 0.1) is 0 Å². The zero-order valence-corrected chi connectivity index (χ0v) is 16.0. The summed E-state index contributed by atoms with van der Waals surface area (Å²) in [6.45, 7) is 3.06. The van der Waals surface area contributed by atoms with Crippen molar-refractivity contribution in [3.05, 3.63) is 40.2 Å². The summed E-state index contributed by atoms with van der Waals surface area (Å²) in [5.74, 6) is 0.561. The fourth-order valence-corrected chi connectivity index (χ4v) is 3.79. The average molecular weight is 408 g/mol. The summed E-state index contributed by atoms with van der Waals surface area (Å²) in [7, 11) is 0. The van der Waals surface area contributed by atoms with E-state index >= 15 is 0 Å². The van der Waals surface area contributed by atoms with Crippen LogP contribution in [0.5, 0.6) is 5.75 Å². The van der Waals surface area contributed by atoms with E-state index in [9.17, 15) is 25.2 Å². The first-order valence-electron chi connectivity index (χ1n) is 9.42. The maximum absolute atomic E-state index is 11.7. The van der Waals surface area contributed by atoms with E-state index in [0.29, 0.717) is 23.3 Å². The first kappa shape index (κ1) is 20.3. The molecule has 29 heavy (non-hydrogen) atoms. The van der Waals surface area contributed by atoms with Crippen LogP contribution in [-0.4, -0.2) is 69.4 Å². The average Bonchev–Trinajstić information content (AvgIpc) is 2.68. The van der Waals surface area contributed by atoms with Crippen LogP contribution in [0.2, 0.25) is 0 Å². The quantitative estimate of drug-likeness (QED) is 0.504. The number of benzene rings is 1. The molecule has 6 unspecified atom stereocenters. The molecule has 2 aliphatic heterocycles. The normalized spacial score (nSPS) is 33.9. The van der Waals surface area contributed by atoms with Gasteiger partial charge in [0.05, 0.1) is 6.61 Å². The van der Waals surface area contributed by atoms with Gasteiger partial charge in [-0.2, -0.15) is 0 Å². The van der Waals surface area contributed by atoms with Gasteiger partial charge >= 0.3 is 5.63 Å². The van der Waals surface area contributed by atoms with Crippen molar-refractivity contribution < 1.29 is 39.1 Å². The fraction of sp³-hybridized carbons (Fsp3) is 0.550. The molecule has 4 rings (SSSR count). The second kappa shape index (κ2) is 7.35. The molecule has 0 saturated carbocycles. The van der Waals surface area contributed by atoms with Gasteiger partial charge in [-0.25, -0.2) is 4.79 Å². The van der Waals surface area contributed by atoms with Crippen molar-refractivity contribution in [3.63, 3.8) is 0 Å². The van der Waals surface area contributed by atoms with E-state index in [1.165, 1.54) is 6.07 Å². The standard InChI is InChI=1S/C20H24O9/c1-20(2)13(27-19-17(25)16(24)15(23)12(8-21)26-19)7-10-11(29-20)5-3-9-4-6-14(22)28-18(9)10/h3-6,12-13,15-17,19,21,23-25H,7-8H2,1-2H3. The van der Waals surface area contributed by atoms with E-state index < -0.39 is 54.6 Å². The molecule has 9 nitrogen and oxygen atoms in total. The zero-order valence-electron chi connectivity index (χ0n) is 16.0. The van der Waals surface area contributed by atoms with Gasteiger partial charge < -0.3 is 39.1 Å². The van der Waals surface area contributed by atoms with E-state index in [0.717, 1.165) is 5.39 Å². The van der Waals surface area contributed by atoms with Crippen LogP contribution in [-0.2, 0) is 15.9 Å². The molecule has 0 bridgehead atoms. The molecular formula is C20H24O9. The summed E-state index contributed by atoms with van der Waals surface area (Å²) in [6, 6.07) is 6.59. The number of aliphatic hydroxyl groups is 4. The highest BCUT2D eigenvalue weighted by atomic mass is 16.7. The Bertz CT molecular complexity index is 951. The predicted octanol–water partition coefficient (Wildman–Crippen LogP) is -0.308. The van der Waals surface area contributed by atoms with E-state index in [1.54, 1.807) is 32.0 Å². The van der Waals surface area contributed by atoms with Gasteiger partial charge in [0.15, 0.2) is 6.29 Å². The molecule has 0 radical (unpaired) electrons. The molecule has 0 spiro atoms. The molecule has 2 aromatic rings. The molecule has 0 amide bonds. The molecule has 1 fully saturated rings. The minimum atomic E-state index is -1.54. The Kier molecular flexibility index (Phi) is 5.14. The SMILES string of the molecule is CC1(C)Oc2ccc3ccc(=O)oc3c2CC1OC1OC(CO)C(O)C(O)C1O. The maximum atomic E-state index is 11.7. The summed E-state index contributed by atoms with van der Waals surface area (Å²) in [5.41, 5.74) is -0.279. The third kappa shape index (κ3) is 3.54. The highest BCUT2D eigenvalue weighted by molar-refractivity contribution is 5.82. The Morgan fingerprint density at radius 1 is 1.10 bits per heavy atom. The maximum Gasteiger partial charge on any atom is 0.336 e. The molecule has 4 N–H and O–H groups in total. The number of hydrogen-bond donors (Lipinski definition) is 4. The zero-order chi connectivity index (χ0) is 20.9. The van der Waals surface area contributed by atoms with Gasteiger partial charge in [0, 0.05) is 23.4 Å². The third-order valence-corrected chi connectivity index (χ3v) is 5.53. The number of hydrogen-bond acceptors (Lipinski definition) is 9. The topological polar surface area (TPSA) is 139 Å². The Morgan fingerprint density at radius 2 is 1.83 bits per heavy atom. The van der Waals surface area contributed by atoms with Crippen LogP contribution in [0.3, 0.4) is 0 Å². The highest BCUT2D eigenvalue weighted by Gasteiger charge is 2.48. The Balaban J connectivity index is 1.65. The van der Waals surface area contributed by atoms with Gasteiger partial charge in [0.2, 0.25) is 0 Å². The first-order valence-corrected chi connectivity index (χ1v) is 9.42. The summed E-state index contributed by atoms with van der Waals surface area (Å²) in [6.07, 6.45) is -7.24. The summed E-state index contributed by atoms with van der Waals surface area (Å²) < 4.78 is 22.9. The monoisotopic (exact) mass is 408 g/mol. The third-order valence-electron chi connectivity index (χ3n) is 5.53. The molecule has 158 valence electrons. The molecule has 2 aliphatic rings. The lowest BCUT2D eigenvalue weighted by atomic mass is 9.89. The summed E-state index contributed by atoms with van der Waals surface area (Å²) >= 11 is 0. The summed E-state index contributed by atoms with van der Waals surface area (Å²) in [5, 5.41) is 40.3. The van der Waals surface area contributed by atoms with Crippen LogP contribution < -0.4 is 10.4 Å². The predicted molar refractivity (Wildman–Crippen MR) is 99.5 cm³/mol. The molecule has 1 aromatic carbocycles. The van der Waals surface area contributed by atoms with Gasteiger partial charge in [-0.3, -0.25) is 0 Å². The second-order valence-electron chi connectivity index (χ2n) is 7.95. The van der Waals surface area contributed by atoms with Crippen molar-refractivity contribution in [2.75, 3.05) is 6.61 Å². The van der Waals surface area contributed by atoms with Gasteiger partial charge in [-0.1, -0.05) is 0 Å². The Morgan fingerprint density at radius 3 is 2.55 bits per heavy atom. The van der Waals surface area contributed by atoms with E-state index in [2.05, 4.69) is 0 Å². The van der Waals surface area contributed by atoms with Crippen LogP contribution in [0.4, 0.5) is 0 Å². The van der Waals surface area contributed by atoms with Gasteiger partial charge in [-0.15, -0.1) is 0 Å². The second-order valence-corrected chi connectivity index (χ2v) is 7.95. The molecule has 6 atom stereocenters. The highest BCUT2D eigenvalue weighted by Crippen LogP contribution is 2.39. The lowest BCUT2D eigenvalue weighted by Crippen LogP contribution is -2.61. The molecular weight excluding hydrogens is 384 g/mol. The van der Waals surface area contributed by atoms with Crippen molar-refractivity contribution in [2.24, 2.45) is 0 Å².